The summed E-state index contributed by atoms with van der Waals surface area (Å²) in [4.78, 5) is 12.4. The number of benzene rings is 1. The van der Waals surface area contributed by atoms with Gasteiger partial charge in [-0.05, 0) is 31.4 Å². The fraction of sp³-hybridized carbons (Fsp3) is 0.562. The number of hydrogen-bond donors (Lipinski definition) is 2. The van der Waals surface area contributed by atoms with Gasteiger partial charge in [0.25, 0.3) is 0 Å². The molecule has 1 fully saturated rings. The molecule has 1 aromatic rings. The highest BCUT2D eigenvalue weighted by molar-refractivity contribution is 6.36. The zero-order valence-electron chi connectivity index (χ0n) is 12.2. The van der Waals surface area contributed by atoms with Gasteiger partial charge in [-0.3, -0.25) is 4.79 Å². The number of halogens is 2. The zero-order chi connectivity index (χ0) is 15.5. The van der Waals surface area contributed by atoms with E-state index in [1.54, 1.807) is 18.2 Å². The maximum absolute atomic E-state index is 12.4. The van der Waals surface area contributed by atoms with Crippen molar-refractivity contribution < 1.29 is 9.90 Å². The number of carbonyl (C=O) groups is 1. The average molecular weight is 330 g/mol. The normalized spacial score (nSPS) is 17.9. The molecule has 0 aliphatic heterocycles. The topological polar surface area (TPSA) is 49.3 Å². The van der Waals surface area contributed by atoms with Gasteiger partial charge < -0.3 is 10.4 Å². The van der Waals surface area contributed by atoms with Gasteiger partial charge in [0.05, 0.1) is 6.10 Å². The summed E-state index contributed by atoms with van der Waals surface area (Å²) in [7, 11) is 0. The highest BCUT2D eigenvalue weighted by Crippen LogP contribution is 2.45. The fourth-order valence-corrected chi connectivity index (χ4v) is 3.63. The largest absolute Gasteiger partial charge is 0.386 e. The summed E-state index contributed by atoms with van der Waals surface area (Å²) >= 11 is 12.1. The first-order valence-corrected chi connectivity index (χ1v) is 8.16. The summed E-state index contributed by atoms with van der Waals surface area (Å²) < 4.78 is 0. The van der Waals surface area contributed by atoms with E-state index in [1.807, 2.05) is 0 Å². The van der Waals surface area contributed by atoms with E-state index in [0.717, 1.165) is 32.1 Å². The summed E-state index contributed by atoms with van der Waals surface area (Å²) in [5, 5.41) is 13.9. The van der Waals surface area contributed by atoms with Gasteiger partial charge in [0.1, 0.15) is 0 Å². The van der Waals surface area contributed by atoms with Crippen LogP contribution in [0.3, 0.4) is 0 Å². The van der Waals surface area contributed by atoms with E-state index in [1.165, 1.54) is 0 Å². The lowest BCUT2D eigenvalue weighted by Gasteiger charge is -2.40. The molecule has 21 heavy (non-hydrogen) atoms. The maximum atomic E-state index is 12.4. The van der Waals surface area contributed by atoms with E-state index in [0.29, 0.717) is 15.6 Å². The van der Waals surface area contributed by atoms with Gasteiger partial charge >= 0.3 is 0 Å². The molecule has 1 atom stereocenters. The molecule has 2 rings (SSSR count). The molecule has 0 heterocycles. The van der Waals surface area contributed by atoms with E-state index in [-0.39, 0.29) is 17.9 Å². The molecule has 2 N–H and O–H groups in total. The van der Waals surface area contributed by atoms with Crippen molar-refractivity contribution in [3.8, 4) is 0 Å². The Balaban J connectivity index is 1.98. The van der Waals surface area contributed by atoms with Gasteiger partial charge in [-0.2, -0.15) is 0 Å². The summed E-state index contributed by atoms with van der Waals surface area (Å²) in [6.45, 7) is 2.22. The Labute approximate surface area is 135 Å². The molecular formula is C16H21Cl2NO2. The molecule has 116 valence electrons. The first-order chi connectivity index (χ1) is 10.00. The van der Waals surface area contributed by atoms with Gasteiger partial charge in [0.2, 0.25) is 5.91 Å². The molecule has 0 bridgehead atoms. The van der Waals surface area contributed by atoms with Gasteiger partial charge in [0.15, 0.2) is 0 Å². The van der Waals surface area contributed by atoms with Crippen LogP contribution in [0.25, 0.3) is 0 Å². The van der Waals surface area contributed by atoms with Crippen LogP contribution in [0, 0.1) is 5.41 Å². The summed E-state index contributed by atoms with van der Waals surface area (Å²) in [6.07, 6.45) is 3.99. The third-order valence-corrected chi connectivity index (χ3v) is 4.97. The number of aliphatic hydroxyl groups is 1. The molecular weight excluding hydrogens is 309 g/mol. The van der Waals surface area contributed by atoms with Crippen LogP contribution < -0.4 is 5.32 Å². The van der Waals surface area contributed by atoms with Crippen molar-refractivity contribution in [1.82, 2.24) is 5.32 Å². The Morgan fingerprint density at radius 2 is 2.00 bits per heavy atom. The van der Waals surface area contributed by atoms with E-state index in [4.69, 9.17) is 23.2 Å². The Kier molecular flexibility index (Phi) is 5.53. The second-order valence-corrected chi connectivity index (χ2v) is 6.56. The lowest BCUT2D eigenvalue weighted by molar-refractivity contribution is -0.137. The molecule has 1 aromatic carbocycles. The SMILES string of the molecule is CCCC1(C(=O)NCC(O)c2c(Cl)cccc2Cl)CCC1. The number of hydrogen-bond acceptors (Lipinski definition) is 2. The minimum Gasteiger partial charge on any atom is -0.386 e. The summed E-state index contributed by atoms with van der Waals surface area (Å²) in [6, 6.07) is 5.08. The Bertz CT molecular complexity index is 495. The van der Waals surface area contributed by atoms with Gasteiger partial charge in [-0.25, -0.2) is 0 Å². The van der Waals surface area contributed by atoms with Crippen LogP contribution in [-0.4, -0.2) is 17.6 Å². The summed E-state index contributed by atoms with van der Waals surface area (Å²) in [5.74, 6) is 0.0397. The number of aliphatic hydroxyl groups excluding tert-OH is 1. The zero-order valence-corrected chi connectivity index (χ0v) is 13.7. The van der Waals surface area contributed by atoms with Crippen molar-refractivity contribution in [2.45, 2.75) is 45.1 Å². The molecule has 0 spiro atoms. The number of carbonyl (C=O) groups excluding carboxylic acids is 1. The second-order valence-electron chi connectivity index (χ2n) is 5.75. The van der Waals surface area contributed by atoms with Gasteiger partial charge in [0, 0.05) is 27.6 Å². The second kappa shape index (κ2) is 6.99. The lowest BCUT2D eigenvalue weighted by atomic mass is 9.65. The Morgan fingerprint density at radius 3 is 2.48 bits per heavy atom. The highest BCUT2D eigenvalue weighted by atomic mass is 35.5. The molecule has 1 saturated carbocycles. The third-order valence-electron chi connectivity index (χ3n) is 4.31. The number of rotatable bonds is 6. The monoisotopic (exact) mass is 329 g/mol. The molecule has 1 aliphatic rings. The highest BCUT2D eigenvalue weighted by Gasteiger charge is 2.42. The first-order valence-electron chi connectivity index (χ1n) is 7.40. The lowest BCUT2D eigenvalue weighted by Crippen LogP contribution is -2.46. The molecule has 1 aliphatic carbocycles. The Hall–Kier alpha value is -0.770. The van der Waals surface area contributed by atoms with Crippen molar-refractivity contribution in [2.75, 3.05) is 6.54 Å². The predicted octanol–water partition coefficient (Wildman–Crippen LogP) is 4.11. The van der Waals surface area contributed by atoms with Crippen molar-refractivity contribution in [3.05, 3.63) is 33.8 Å². The van der Waals surface area contributed by atoms with Crippen LogP contribution in [-0.2, 0) is 4.79 Å². The maximum Gasteiger partial charge on any atom is 0.226 e. The smallest absolute Gasteiger partial charge is 0.226 e. The van der Waals surface area contributed by atoms with E-state index >= 15 is 0 Å². The number of amides is 1. The van der Waals surface area contributed by atoms with Crippen LogP contribution in [0.4, 0.5) is 0 Å². The van der Waals surface area contributed by atoms with E-state index in [9.17, 15) is 9.90 Å². The van der Waals surface area contributed by atoms with Gasteiger partial charge in [-0.1, -0.05) is 49.0 Å². The number of nitrogens with one attached hydrogen (secondary N) is 1. The first kappa shape index (κ1) is 16.6. The molecule has 0 radical (unpaired) electrons. The molecule has 0 aromatic heterocycles. The Morgan fingerprint density at radius 1 is 1.38 bits per heavy atom. The third kappa shape index (κ3) is 3.53. The van der Waals surface area contributed by atoms with E-state index < -0.39 is 6.10 Å². The van der Waals surface area contributed by atoms with Gasteiger partial charge in [-0.15, -0.1) is 0 Å². The molecule has 1 amide bonds. The molecule has 5 heteroatoms. The predicted molar refractivity (Wildman–Crippen MR) is 85.6 cm³/mol. The van der Waals surface area contributed by atoms with Crippen molar-refractivity contribution in [3.63, 3.8) is 0 Å². The van der Waals surface area contributed by atoms with Crippen molar-refractivity contribution in [2.24, 2.45) is 5.41 Å². The van der Waals surface area contributed by atoms with Crippen LogP contribution in [0.15, 0.2) is 18.2 Å². The quantitative estimate of drug-likeness (QED) is 0.824. The summed E-state index contributed by atoms with van der Waals surface area (Å²) in [5.41, 5.74) is 0.248. The molecule has 1 unspecified atom stereocenters. The van der Waals surface area contributed by atoms with E-state index in [2.05, 4.69) is 12.2 Å². The van der Waals surface area contributed by atoms with Crippen LogP contribution in [0.2, 0.25) is 10.0 Å². The van der Waals surface area contributed by atoms with Crippen LogP contribution in [0.5, 0.6) is 0 Å². The van der Waals surface area contributed by atoms with Crippen LogP contribution >= 0.6 is 23.2 Å². The van der Waals surface area contributed by atoms with Crippen molar-refractivity contribution >= 4 is 29.1 Å². The minimum atomic E-state index is -0.895. The standard InChI is InChI=1S/C16H21Cl2NO2/c1-2-7-16(8-4-9-16)15(21)19-10-13(20)14-11(17)5-3-6-12(14)18/h3,5-6,13,20H,2,4,7-10H2,1H3,(H,19,21). The fourth-order valence-electron chi connectivity index (χ4n) is 2.98. The van der Waals surface area contributed by atoms with Crippen molar-refractivity contribution in [1.29, 1.82) is 0 Å². The molecule has 0 saturated heterocycles. The van der Waals surface area contributed by atoms with Crippen LogP contribution in [0.1, 0.15) is 50.7 Å². The average Bonchev–Trinajstić information content (AvgIpc) is 2.40. The molecule has 3 nitrogen and oxygen atoms in total. The minimum absolute atomic E-state index is 0.0397.